The Hall–Kier alpha value is -2.01. The number of nitrogens with zero attached hydrogens (tertiary/aromatic N) is 3. The molecule has 0 aliphatic rings. The lowest BCUT2D eigenvalue weighted by Gasteiger charge is -2.10. The fourth-order valence-corrected chi connectivity index (χ4v) is 1.31. The average Bonchev–Trinajstić information content (AvgIpc) is 2.29. The molecule has 18 heavy (non-hydrogen) atoms. The van der Waals surface area contributed by atoms with Crippen LogP contribution in [-0.4, -0.2) is 6.54 Å². The minimum absolute atomic E-state index is 0.121. The van der Waals surface area contributed by atoms with Crippen molar-refractivity contribution in [3.05, 3.63) is 51.7 Å². The summed E-state index contributed by atoms with van der Waals surface area (Å²) < 4.78 is 50.6. The molecular formula is C11H9F4N3. The van der Waals surface area contributed by atoms with Crippen LogP contribution in [0.25, 0.3) is 16.5 Å². The van der Waals surface area contributed by atoms with E-state index < -0.39 is 17.6 Å². The minimum Gasteiger partial charge on any atom is -0.207 e. The lowest BCUT2D eigenvalue weighted by atomic mass is 10.1. The Labute approximate surface area is 100 Å². The van der Waals surface area contributed by atoms with Gasteiger partial charge in [0.15, 0.2) is 0 Å². The second-order valence-corrected chi connectivity index (χ2v) is 3.37. The molecule has 1 rings (SSSR count). The zero-order chi connectivity index (χ0) is 13.6. The molecule has 0 heterocycles. The highest BCUT2D eigenvalue weighted by Gasteiger charge is 2.33. The first kappa shape index (κ1) is 14.1. The number of benzene rings is 1. The van der Waals surface area contributed by atoms with Crippen molar-refractivity contribution in [2.24, 2.45) is 5.11 Å². The first-order valence-electron chi connectivity index (χ1n) is 4.99. The summed E-state index contributed by atoms with van der Waals surface area (Å²) in [4.78, 5) is 2.51. The topological polar surface area (TPSA) is 48.8 Å². The molecule has 0 unspecified atom stereocenters. The second-order valence-electron chi connectivity index (χ2n) is 3.37. The number of rotatable bonds is 4. The predicted molar refractivity (Wildman–Crippen MR) is 59.1 cm³/mol. The molecule has 7 heteroatoms. The summed E-state index contributed by atoms with van der Waals surface area (Å²) in [5.41, 5.74) is 6.86. The molecule has 1 aromatic rings. The maximum absolute atomic E-state index is 12.8. The van der Waals surface area contributed by atoms with Gasteiger partial charge < -0.3 is 0 Å². The van der Waals surface area contributed by atoms with E-state index in [1.807, 2.05) is 0 Å². The van der Waals surface area contributed by atoms with Crippen molar-refractivity contribution in [1.29, 1.82) is 0 Å². The SMILES string of the molecule is [N-]=[N+]=NCCC=Cc1ccc(F)cc1C(F)(F)F. The van der Waals surface area contributed by atoms with Gasteiger partial charge in [-0.25, -0.2) is 4.39 Å². The number of alkyl halides is 3. The van der Waals surface area contributed by atoms with Crippen molar-refractivity contribution < 1.29 is 17.6 Å². The van der Waals surface area contributed by atoms with Crippen LogP contribution in [0.2, 0.25) is 0 Å². The largest absolute Gasteiger partial charge is 0.417 e. The van der Waals surface area contributed by atoms with E-state index in [0.29, 0.717) is 12.5 Å². The molecule has 0 saturated heterocycles. The standard InChI is InChI=1S/C11H9F4N3/c12-9-5-4-8(3-1-2-6-17-18-16)10(7-9)11(13,14)15/h1,3-5,7H,2,6H2. The third-order valence-electron chi connectivity index (χ3n) is 2.08. The number of hydrogen-bond donors (Lipinski definition) is 0. The van der Waals surface area contributed by atoms with Crippen LogP contribution in [-0.2, 0) is 6.18 Å². The molecule has 0 aromatic heterocycles. The maximum atomic E-state index is 12.8. The lowest BCUT2D eigenvalue weighted by molar-refractivity contribution is -0.137. The van der Waals surface area contributed by atoms with Crippen LogP contribution in [0, 0.1) is 5.82 Å². The highest BCUT2D eigenvalue weighted by Crippen LogP contribution is 2.33. The second kappa shape index (κ2) is 6.07. The highest BCUT2D eigenvalue weighted by atomic mass is 19.4. The van der Waals surface area contributed by atoms with E-state index in [-0.39, 0.29) is 12.1 Å². The molecule has 1 aromatic carbocycles. The van der Waals surface area contributed by atoms with E-state index in [4.69, 9.17) is 5.53 Å². The molecule has 0 spiro atoms. The molecule has 0 fully saturated rings. The third kappa shape index (κ3) is 4.10. The van der Waals surface area contributed by atoms with Crippen LogP contribution in [0.4, 0.5) is 17.6 Å². The Kier molecular flexibility index (Phi) is 4.74. The van der Waals surface area contributed by atoms with Gasteiger partial charge in [0, 0.05) is 11.5 Å². The van der Waals surface area contributed by atoms with Gasteiger partial charge in [-0.3, -0.25) is 0 Å². The van der Waals surface area contributed by atoms with Gasteiger partial charge in [-0.1, -0.05) is 23.3 Å². The highest BCUT2D eigenvalue weighted by molar-refractivity contribution is 5.54. The first-order chi connectivity index (χ1) is 8.45. The zero-order valence-corrected chi connectivity index (χ0v) is 9.15. The van der Waals surface area contributed by atoms with Gasteiger partial charge in [-0.15, -0.1) is 0 Å². The van der Waals surface area contributed by atoms with Gasteiger partial charge in [0.25, 0.3) is 0 Å². The van der Waals surface area contributed by atoms with E-state index in [1.54, 1.807) is 0 Å². The molecule has 0 radical (unpaired) electrons. The summed E-state index contributed by atoms with van der Waals surface area (Å²) in [6.07, 6.45) is -1.61. The Morgan fingerprint density at radius 3 is 2.67 bits per heavy atom. The van der Waals surface area contributed by atoms with Crippen LogP contribution in [0.3, 0.4) is 0 Å². The number of halogens is 4. The normalized spacial score (nSPS) is 11.6. The summed E-state index contributed by atoms with van der Waals surface area (Å²) >= 11 is 0. The van der Waals surface area contributed by atoms with Crippen LogP contribution in [0.5, 0.6) is 0 Å². The van der Waals surface area contributed by atoms with E-state index in [0.717, 1.165) is 12.1 Å². The first-order valence-corrected chi connectivity index (χ1v) is 4.99. The van der Waals surface area contributed by atoms with Gasteiger partial charge >= 0.3 is 6.18 Å². The molecule has 0 bridgehead atoms. The summed E-state index contributed by atoms with van der Waals surface area (Å²) in [7, 11) is 0. The molecule has 0 aliphatic heterocycles. The zero-order valence-electron chi connectivity index (χ0n) is 9.15. The van der Waals surface area contributed by atoms with Gasteiger partial charge in [-0.2, -0.15) is 13.2 Å². The van der Waals surface area contributed by atoms with E-state index >= 15 is 0 Å². The molecule has 0 aliphatic carbocycles. The molecule has 96 valence electrons. The Morgan fingerprint density at radius 2 is 2.06 bits per heavy atom. The van der Waals surface area contributed by atoms with Crippen LogP contribution in [0.1, 0.15) is 17.5 Å². The van der Waals surface area contributed by atoms with Crippen molar-refractivity contribution in [2.75, 3.05) is 6.54 Å². The Morgan fingerprint density at radius 1 is 1.33 bits per heavy atom. The molecule has 0 N–H and O–H groups in total. The van der Waals surface area contributed by atoms with E-state index in [9.17, 15) is 17.6 Å². The maximum Gasteiger partial charge on any atom is 0.417 e. The molecule has 0 atom stereocenters. The molecule has 0 saturated carbocycles. The monoisotopic (exact) mass is 259 g/mol. The van der Waals surface area contributed by atoms with Crippen molar-refractivity contribution in [3.63, 3.8) is 0 Å². The van der Waals surface area contributed by atoms with Crippen LogP contribution in [0.15, 0.2) is 29.4 Å². The van der Waals surface area contributed by atoms with E-state index in [2.05, 4.69) is 10.0 Å². The summed E-state index contributed by atoms with van der Waals surface area (Å²) in [5.74, 6) is -0.937. The van der Waals surface area contributed by atoms with Crippen molar-refractivity contribution in [1.82, 2.24) is 0 Å². The van der Waals surface area contributed by atoms with E-state index in [1.165, 1.54) is 12.2 Å². The predicted octanol–water partition coefficient (Wildman–Crippen LogP) is 4.56. The molecule has 3 nitrogen and oxygen atoms in total. The number of hydrogen-bond acceptors (Lipinski definition) is 1. The van der Waals surface area contributed by atoms with Gasteiger partial charge in [0.2, 0.25) is 0 Å². The van der Waals surface area contributed by atoms with Crippen molar-refractivity contribution in [2.45, 2.75) is 12.6 Å². The molecule has 0 amide bonds. The smallest absolute Gasteiger partial charge is 0.207 e. The van der Waals surface area contributed by atoms with Crippen LogP contribution >= 0.6 is 0 Å². The van der Waals surface area contributed by atoms with Gasteiger partial charge in [0.05, 0.1) is 5.56 Å². The quantitative estimate of drug-likeness (QED) is 0.250. The lowest BCUT2D eigenvalue weighted by Crippen LogP contribution is -2.07. The summed E-state index contributed by atoms with van der Waals surface area (Å²) in [6.45, 7) is 0.162. The summed E-state index contributed by atoms with van der Waals surface area (Å²) in [5, 5.41) is 3.24. The average molecular weight is 259 g/mol. The number of azide groups is 1. The summed E-state index contributed by atoms with van der Waals surface area (Å²) in [6, 6.07) is 2.47. The van der Waals surface area contributed by atoms with Crippen molar-refractivity contribution >= 4 is 6.08 Å². The minimum atomic E-state index is -4.60. The van der Waals surface area contributed by atoms with Gasteiger partial charge in [-0.05, 0) is 29.6 Å². The fraction of sp³-hybridized carbons (Fsp3) is 0.273. The fourth-order valence-electron chi connectivity index (χ4n) is 1.31. The van der Waals surface area contributed by atoms with Gasteiger partial charge in [0.1, 0.15) is 5.82 Å². The third-order valence-corrected chi connectivity index (χ3v) is 2.08. The molecular weight excluding hydrogens is 250 g/mol. The van der Waals surface area contributed by atoms with Crippen LogP contribution < -0.4 is 0 Å². The Balaban J connectivity index is 2.91. The Bertz CT molecular complexity index is 488. The van der Waals surface area contributed by atoms with Crippen molar-refractivity contribution in [3.8, 4) is 0 Å².